The fourth-order valence-corrected chi connectivity index (χ4v) is 2.62. The third kappa shape index (κ3) is 4.09. The third-order valence-corrected chi connectivity index (χ3v) is 4.44. The van der Waals surface area contributed by atoms with Crippen molar-refractivity contribution in [1.82, 2.24) is 0 Å². The van der Waals surface area contributed by atoms with Crippen LogP contribution in [0.5, 0.6) is 0 Å². The zero-order valence-corrected chi connectivity index (χ0v) is 13.1. The Bertz CT molecular complexity index is 611. The first kappa shape index (κ1) is 15.6. The molecular formula is C17H20N2OS. The molecule has 0 aliphatic rings. The molecule has 0 bridgehead atoms. The van der Waals surface area contributed by atoms with Crippen LogP contribution in [0.25, 0.3) is 0 Å². The molecule has 0 saturated carbocycles. The van der Waals surface area contributed by atoms with Crippen LogP contribution in [-0.2, 0) is 4.79 Å². The summed E-state index contributed by atoms with van der Waals surface area (Å²) >= 11 is 1.62. The van der Waals surface area contributed by atoms with E-state index in [9.17, 15) is 4.79 Å². The van der Waals surface area contributed by atoms with Crippen LogP contribution in [0.4, 0.5) is 5.69 Å². The number of anilines is 1. The number of benzene rings is 2. The first-order chi connectivity index (χ1) is 10.0. The number of carbonyl (C=O) groups is 1. The highest BCUT2D eigenvalue weighted by Crippen LogP contribution is 2.33. The number of rotatable bonds is 5. The molecule has 0 saturated heterocycles. The van der Waals surface area contributed by atoms with Gasteiger partial charge in [-0.2, -0.15) is 0 Å². The number of amides is 1. The van der Waals surface area contributed by atoms with Gasteiger partial charge in [-0.3, -0.25) is 4.79 Å². The maximum atomic E-state index is 12.2. The van der Waals surface area contributed by atoms with Crippen molar-refractivity contribution in [2.45, 2.75) is 35.6 Å². The van der Waals surface area contributed by atoms with E-state index in [4.69, 9.17) is 5.73 Å². The van der Waals surface area contributed by atoms with Crippen molar-refractivity contribution in [1.29, 1.82) is 0 Å². The Kier molecular flexibility index (Phi) is 5.04. The van der Waals surface area contributed by atoms with Crippen LogP contribution in [0.3, 0.4) is 0 Å². The van der Waals surface area contributed by atoms with Crippen molar-refractivity contribution in [2.24, 2.45) is 5.73 Å². The molecule has 1 amide bonds. The molecule has 3 nitrogen and oxygen atoms in total. The van der Waals surface area contributed by atoms with E-state index >= 15 is 0 Å². The van der Waals surface area contributed by atoms with E-state index in [0.717, 1.165) is 15.5 Å². The molecule has 0 aliphatic carbocycles. The average Bonchev–Trinajstić information content (AvgIpc) is 2.50. The van der Waals surface area contributed by atoms with Crippen LogP contribution in [0, 0.1) is 0 Å². The summed E-state index contributed by atoms with van der Waals surface area (Å²) in [6, 6.07) is 17.8. The van der Waals surface area contributed by atoms with Gasteiger partial charge in [0.15, 0.2) is 0 Å². The smallest absolute Gasteiger partial charge is 0.244 e. The number of carbonyl (C=O) groups excluding carboxylic acids is 1. The van der Waals surface area contributed by atoms with Gasteiger partial charge < -0.3 is 11.1 Å². The average molecular weight is 300 g/mol. The highest BCUT2D eigenvalue weighted by molar-refractivity contribution is 7.99. The van der Waals surface area contributed by atoms with Crippen molar-refractivity contribution in [3.63, 3.8) is 0 Å². The molecule has 3 N–H and O–H groups in total. The summed E-state index contributed by atoms with van der Waals surface area (Å²) in [4.78, 5) is 14.4. The molecule has 0 aliphatic heterocycles. The number of hydrogen-bond acceptors (Lipinski definition) is 3. The lowest BCUT2D eigenvalue weighted by molar-refractivity contribution is -0.120. The summed E-state index contributed by atoms with van der Waals surface area (Å²) in [5, 5.41) is 2.94. The van der Waals surface area contributed by atoms with Gasteiger partial charge in [0.1, 0.15) is 0 Å². The predicted octanol–water partition coefficient (Wildman–Crippen LogP) is 3.90. The molecule has 110 valence electrons. The molecule has 0 heterocycles. The zero-order chi connectivity index (χ0) is 15.3. The molecule has 0 aromatic heterocycles. The van der Waals surface area contributed by atoms with E-state index in [1.54, 1.807) is 18.7 Å². The predicted molar refractivity (Wildman–Crippen MR) is 88.5 cm³/mol. The highest BCUT2D eigenvalue weighted by Gasteiger charge is 2.26. The van der Waals surface area contributed by atoms with Crippen molar-refractivity contribution in [3.8, 4) is 0 Å². The lowest BCUT2D eigenvalue weighted by Crippen LogP contribution is -2.47. The van der Waals surface area contributed by atoms with Gasteiger partial charge in [0.25, 0.3) is 0 Å². The highest BCUT2D eigenvalue weighted by atomic mass is 32.2. The second-order valence-electron chi connectivity index (χ2n) is 5.14. The quantitative estimate of drug-likeness (QED) is 0.880. The SMILES string of the molecule is CCC(C)(N)C(=O)Nc1ccccc1Sc1ccccc1. The lowest BCUT2D eigenvalue weighted by atomic mass is 9.99. The van der Waals surface area contributed by atoms with Crippen molar-refractivity contribution in [2.75, 3.05) is 5.32 Å². The minimum absolute atomic E-state index is 0.161. The minimum atomic E-state index is -0.857. The van der Waals surface area contributed by atoms with E-state index in [-0.39, 0.29) is 5.91 Å². The van der Waals surface area contributed by atoms with E-state index in [1.807, 2.05) is 61.5 Å². The van der Waals surface area contributed by atoms with E-state index in [0.29, 0.717) is 6.42 Å². The van der Waals surface area contributed by atoms with E-state index in [1.165, 1.54) is 0 Å². The summed E-state index contributed by atoms with van der Waals surface area (Å²) in [7, 11) is 0. The van der Waals surface area contributed by atoms with Crippen molar-refractivity contribution in [3.05, 3.63) is 54.6 Å². The van der Waals surface area contributed by atoms with E-state index in [2.05, 4.69) is 5.32 Å². The molecule has 2 aromatic rings. The van der Waals surface area contributed by atoms with Crippen LogP contribution in [0.1, 0.15) is 20.3 Å². The molecular weight excluding hydrogens is 280 g/mol. The number of hydrogen-bond donors (Lipinski definition) is 2. The molecule has 1 atom stereocenters. The summed E-state index contributed by atoms with van der Waals surface area (Å²) < 4.78 is 0. The molecule has 0 radical (unpaired) electrons. The Morgan fingerprint density at radius 3 is 2.43 bits per heavy atom. The molecule has 21 heavy (non-hydrogen) atoms. The second kappa shape index (κ2) is 6.78. The molecule has 2 rings (SSSR count). The summed E-state index contributed by atoms with van der Waals surface area (Å²) in [6.45, 7) is 3.65. The maximum Gasteiger partial charge on any atom is 0.244 e. The van der Waals surface area contributed by atoms with Gasteiger partial charge in [-0.25, -0.2) is 0 Å². The largest absolute Gasteiger partial charge is 0.323 e. The van der Waals surface area contributed by atoms with Crippen LogP contribution >= 0.6 is 11.8 Å². The molecule has 1 unspecified atom stereocenters. The monoisotopic (exact) mass is 300 g/mol. The zero-order valence-electron chi connectivity index (χ0n) is 12.3. The van der Waals surface area contributed by atoms with Crippen LogP contribution in [0.2, 0.25) is 0 Å². The summed E-state index contributed by atoms with van der Waals surface area (Å²) in [5.41, 5.74) is 5.93. The van der Waals surface area contributed by atoms with Gasteiger partial charge in [-0.15, -0.1) is 0 Å². The standard InChI is InChI=1S/C17H20N2OS/c1-3-17(2,18)16(20)19-14-11-7-8-12-15(14)21-13-9-5-4-6-10-13/h4-12H,3,18H2,1-2H3,(H,19,20). The normalized spacial score (nSPS) is 13.5. The fraction of sp³-hybridized carbons (Fsp3) is 0.235. The Hall–Kier alpha value is -1.78. The first-order valence-electron chi connectivity index (χ1n) is 6.95. The van der Waals surface area contributed by atoms with E-state index < -0.39 is 5.54 Å². The number of nitrogens with two attached hydrogens (primary N) is 1. The Morgan fingerprint density at radius 1 is 1.14 bits per heavy atom. The Balaban J connectivity index is 2.20. The van der Waals surface area contributed by atoms with Gasteiger partial charge in [-0.1, -0.05) is 49.0 Å². The van der Waals surface area contributed by atoms with Crippen molar-refractivity contribution < 1.29 is 4.79 Å². The summed E-state index contributed by atoms with van der Waals surface area (Å²) in [5.74, 6) is -0.161. The number of nitrogens with one attached hydrogen (secondary N) is 1. The van der Waals surface area contributed by atoms with Gasteiger partial charge >= 0.3 is 0 Å². The molecule has 0 spiro atoms. The topological polar surface area (TPSA) is 55.1 Å². The number of para-hydroxylation sites is 1. The Morgan fingerprint density at radius 2 is 1.76 bits per heavy atom. The second-order valence-corrected chi connectivity index (χ2v) is 6.25. The summed E-state index contributed by atoms with van der Waals surface area (Å²) in [6.07, 6.45) is 0.590. The molecule has 0 fully saturated rings. The minimum Gasteiger partial charge on any atom is -0.323 e. The van der Waals surface area contributed by atoms with Crippen LogP contribution < -0.4 is 11.1 Å². The van der Waals surface area contributed by atoms with Gasteiger partial charge in [0.05, 0.1) is 11.2 Å². The third-order valence-electron chi connectivity index (χ3n) is 3.36. The van der Waals surface area contributed by atoms with Crippen LogP contribution in [-0.4, -0.2) is 11.4 Å². The lowest BCUT2D eigenvalue weighted by Gasteiger charge is -2.22. The molecule has 2 aromatic carbocycles. The van der Waals surface area contributed by atoms with Gasteiger partial charge in [0.2, 0.25) is 5.91 Å². The fourth-order valence-electron chi connectivity index (χ4n) is 1.70. The maximum absolute atomic E-state index is 12.2. The molecule has 4 heteroatoms. The van der Waals surface area contributed by atoms with Crippen LogP contribution in [0.15, 0.2) is 64.4 Å². The Labute approximate surface area is 129 Å². The van der Waals surface area contributed by atoms with Crippen molar-refractivity contribution >= 4 is 23.4 Å². The van der Waals surface area contributed by atoms with Gasteiger partial charge in [0, 0.05) is 9.79 Å². The first-order valence-corrected chi connectivity index (χ1v) is 7.77. The van der Waals surface area contributed by atoms with Gasteiger partial charge in [-0.05, 0) is 37.6 Å².